The zero-order valence-electron chi connectivity index (χ0n) is 12.6. The second-order valence-corrected chi connectivity index (χ2v) is 5.52. The van der Waals surface area contributed by atoms with Gasteiger partial charge in [0.25, 0.3) is 0 Å². The van der Waals surface area contributed by atoms with Gasteiger partial charge in [0, 0.05) is 30.9 Å². The first-order chi connectivity index (χ1) is 9.72. The summed E-state index contributed by atoms with van der Waals surface area (Å²) < 4.78 is 0. The van der Waals surface area contributed by atoms with Crippen molar-refractivity contribution in [3.63, 3.8) is 0 Å². The lowest BCUT2D eigenvalue weighted by molar-refractivity contribution is 0.0920. The van der Waals surface area contributed by atoms with Crippen LogP contribution in [0.15, 0.2) is 6.07 Å². The minimum atomic E-state index is 0.198. The monoisotopic (exact) mass is 278 g/mol. The van der Waals surface area contributed by atoms with Gasteiger partial charge < -0.3 is 10.4 Å². The van der Waals surface area contributed by atoms with Gasteiger partial charge in [-0.05, 0) is 26.2 Å². The van der Waals surface area contributed by atoms with Crippen LogP contribution < -0.4 is 5.32 Å². The molecule has 112 valence electrons. The number of aromatic nitrogens is 2. The Balaban J connectivity index is 2.03. The van der Waals surface area contributed by atoms with Gasteiger partial charge in [-0.25, -0.2) is 9.97 Å². The molecule has 0 aliphatic heterocycles. The molecule has 0 radical (unpaired) electrons. The van der Waals surface area contributed by atoms with E-state index < -0.39 is 0 Å². The molecule has 0 bridgehead atoms. The van der Waals surface area contributed by atoms with Crippen molar-refractivity contribution in [1.29, 1.82) is 0 Å². The summed E-state index contributed by atoms with van der Waals surface area (Å²) in [5.74, 6) is 1.76. The van der Waals surface area contributed by atoms with Gasteiger partial charge in [0.15, 0.2) is 0 Å². The molecular formula is C15H26N4O. The normalized spacial score (nSPS) is 15.4. The van der Waals surface area contributed by atoms with Gasteiger partial charge >= 0.3 is 0 Å². The van der Waals surface area contributed by atoms with E-state index >= 15 is 0 Å². The molecule has 1 aliphatic rings. The van der Waals surface area contributed by atoms with Crippen molar-refractivity contribution in [2.24, 2.45) is 0 Å². The number of rotatable bonds is 8. The Labute approximate surface area is 121 Å². The third kappa shape index (κ3) is 4.15. The molecule has 5 nitrogen and oxygen atoms in total. The number of nitrogens with one attached hydrogen (secondary N) is 1. The molecule has 2 N–H and O–H groups in total. The smallest absolute Gasteiger partial charge is 0.144 e. The Bertz CT molecular complexity index is 420. The lowest BCUT2D eigenvalue weighted by Crippen LogP contribution is -2.41. The number of hydrogen-bond donors (Lipinski definition) is 2. The topological polar surface area (TPSA) is 61.3 Å². The van der Waals surface area contributed by atoms with Crippen molar-refractivity contribution >= 4 is 5.82 Å². The average Bonchev–Trinajstić information content (AvgIpc) is 2.34. The van der Waals surface area contributed by atoms with Crippen molar-refractivity contribution in [3.05, 3.63) is 17.6 Å². The van der Waals surface area contributed by atoms with Gasteiger partial charge in [0.2, 0.25) is 0 Å². The van der Waals surface area contributed by atoms with E-state index in [4.69, 9.17) is 0 Å². The summed E-state index contributed by atoms with van der Waals surface area (Å²) >= 11 is 0. The van der Waals surface area contributed by atoms with E-state index in [9.17, 15) is 5.11 Å². The number of aryl methyl sites for hydroxylation is 1. The minimum Gasteiger partial charge on any atom is -0.395 e. The van der Waals surface area contributed by atoms with Gasteiger partial charge in [0.05, 0.1) is 13.2 Å². The van der Waals surface area contributed by atoms with Crippen molar-refractivity contribution in [2.45, 2.75) is 52.1 Å². The van der Waals surface area contributed by atoms with Crippen LogP contribution in [-0.4, -0.2) is 45.7 Å². The molecule has 0 aromatic carbocycles. The Morgan fingerprint density at radius 3 is 2.80 bits per heavy atom. The molecule has 1 saturated carbocycles. The number of aliphatic hydroxyl groups is 1. The fourth-order valence-electron chi connectivity index (χ4n) is 2.50. The molecule has 1 aromatic heterocycles. The van der Waals surface area contributed by atoms with Crippen LogP contribution in [0.4, 0.5) is 5.82 Å². The first kappa shape index (κ1) is 15.2. The van der Waals surface area contributed by atoms with Crippen LogP contribution in [0.25, 0.3) is 0 Å². The standard InChI is InChI=1S/C15H26N4O/c1-3-7-16-14-10-12(2)17-15(18-14)11-19(8-9-20)13-5-4-6-13/h10,13,20H,3-9,11H2,1-2H3,(H,16,17,18). The van der Waals surface area contributed by atoms with Gasteiger partial charge in [-0.15, -0.1) is 0 Å². The van der Waals surface area contributed by atoms with E-state index in [-0.39, 0.29) is 6.61 Å². The highest BCUT2D eigenvalue weighted by Gasteiger charge is 2.25. The van der Waals surface area contributed by atoms with Crippen LogP contribution in [0.5, 0.6) is 0 Å². The molecule has 20 heavy (non-hydrogen) atoms. The Kier molecular flexibility index (Phi) is 5.73. The summed E-state index contributed by atoms with van der Waals surface area (Å²) in [7, 11) is 0. The molecule has 0 atom stereocenters. The molecule has 1 aromatic rings. The quantitative estimate of drug-likeness (QED) is 0.761. The zero-order chi connectivity index (χ0) is 14.4. The van der Waals surface area contributed by atoms with Crippen LogP contribution in [0.2, 0.25) is 0 Å². The third-order valence-electron chi connectivity index (χ3n) is 3.78. The van der Waals surface area contributed by atoms with Crippen LogP contribution in [0.3, 0.4) is 0 Å². The number of hydrogen-bond acceptors (Lipinski definition) is 5. The maximum atomic E-state index is 9.21. The van der Waals surface area contributed by atoms with E-state index in [0.717, 1.165) is 36.8 Å². The summed E-state index contributed by atoms with van der Waals surface area (Å²) in [4.78, 5) is 11.4. The lowest BCUT2D eigenvalue weighted by atomic mass is 9.91. The minimum absolute atomic E-state index is 0.198. The van der Waals surface area contributed by atoms with Crippen molar-refractivity contribution in [1.82, 2.24) is 14.9 Å². The average molecular weight is 278 g/mol. The van der Waals surface area contributed by atoms with Crippen LogP contribution >= 0.6 is 0 Å². The van der Waals surface area contributed by atoms with E-state index in [1.54, 1.807) is 0 Å². The fourth-order valence-corrected chi connectivity index (χ4v) is 2.50. The molecule has 0 spiro atoms. The summed E-state index contributed by atoms with van der Waals surface area (Å²) in [5.41, 5.74) is 0.992. The zero-order valence-corrected chi connectivity index (χ0v) is 12.6. The van der Waals surface area contributed by atoms with Crippen LogP contribution in [0.1, 0.15) is 44.1 Å². The number of nitrogens with zero attached hydrogens (tertiary/aromatic N) is 3. The molecule has 1 aliphatic carbocycles. The van der Waals surface area contributed by atoms with E-state index in [0.29, 0.717) is 12.6 Å². The molecule has 2 rings (SSSR count). The highest BCUT2D eigenvalue weighted by atomic mass is 16.3. The second-order valence-electron chi connectivity index (χ2n) is 5.52. The predicted molar refractivity (Wildman–Crippen MR) is 80.7 cm³/mol. The molecule has 5 heteroatoms. The summed E-state index contributed by atoms with van der Waals surface area (Å²) in [6, 6.07) is 2.58. The molecule has 1 heterocycles. The van der Waals surface area contributed by atoms with Gasteiger partial charge in [0.1, 0.15) is 11.6 Å². The van der Waals surface area contributed by atoms with Crippen LogP contribution in [-0.2, 0) is 6.54 Å². The molecule has 0 saturated heterocycles. The summed E-state index contributed by atoms with van der Waals surface area (Å²) in [6.45, 7) is 6.71. The van der Waals surface area contributed by atoms with Gasteiger partial charge in [-0.1, -0.05) is 13.3 Å². The number of aliphatic hydroxyl groups excluding tert-OH is 1. The highest BCUT2D eigenvalue weighted by Crippen LogP contribution is 2.25. The maximum absolute atomic E-state index is 9.21. The SMILES string of the molecule is CCCNc1cc(C)nc(CN(CCO)C2CCC2)n1. The van der Waals surface area contributed by atoms with Gasteiger partial charge in [-0.3, -0.25) is 4.90 Å². The maximum Gasteiger partial charge on any atom is 0.144 e. The van der Waals surface area contributed by atoms with E-state index in [1.807, 2.05) is 13.0 Å². The molecular weight excluding hydrogens is 252 g/mol. The lowest BCUT2D eigenvalue weighted by Gasteiger charge is -2.36. The Hall–Kier alpha value is -1.20. The predicted octanol–water partition coefficient (Wildman–Crippen LogP) is 1.95. The first-order valence-electron chi connectivity index (χ1n) is 7.66. The Morgan fingerprint density at radius 1 is 1.40 bits per heavy atom. The Morgan fingerprint density at radius 2 is 2.20 bits per heavy atom. The molecule has 0 amide bonds. The fraction of sp³-hybridized carbons (Fsp3) is 0.733. The van der Waals surface area contributed by atoms with E-state index in [2.05, 4.69) is 27.1 Å². The van der Waals surface area contributed by atoms with Gasteiger partial charge in [-0.2, -0.15) is 0 Å². The third-order valence-corrected chi connectivity index (χ3v) is 3.78. The second kappa shape index (κ2) is 7.55. The molecule has 0 unspecified atom stereocenters. The van der Waals surface area contributed by atoms with Crippen molar-refractivity contribution < 1.29 is 5.11 Å². The number of anilines is 1. The highest BCUT2D eigenvalue weighted by molar-refractivity contribution is 5.35. The van der Waals surface area contributed by atoms with E-state index in [1.165, 1.54) is 19.3 Å². The first-order valence-corrected chi connectivity index (χ1v) is 7.66. The van der Waals surface area contributed by atoms with Crippen molar-refractivity contribution in [2.75, 3.05) is 25.0 Å². The van der Waals surface area contributed by atoms with Crippen LogP contribution in [0, 0.1) is 6.92 Å². The molecule has 1 fully saturated rings. The summed E-state index contributed by atoms with van der Waals surface area (Å²) in [6.07, 6.45) is 4.83. The summed E-state index contributed by atoms with van der Waals surface area (Å²) in [5, 5.41) is 12.5. The largest absolute Gasteiger partial charge is 0.395 e. The van der Waals surface area contributed by atoms with Crippen molar-refractivity contribution in [3.8, 4) is 0 Å².